The van der Waals surface area contributed by atoms with Gasteiger partial charge in [0.15, 0.2) is 0 Å². The van der Waals surface area contributed by atoms with E-state index in [4.69, 9.17) is 0 Å². The summed E-state index contributed by atoms with van der Waals surface area (Å²) in [6, 6.07) is 7.43. The molecule has 0 radical (unpaired) electrons. The zero-order valence-electron chi connectivity index (χ0n) is 20.5. The van der Waals surface area contributed by atoms with Crippen LogP contribution in [0.2, 0.25) is 0 Å². The highest BCUT2D eigenvalue weighted by Gasteiger charge is 2.31. The van der Waals surface area contributed by atoms with Crippen LogP contribution >= 0.6 is 7.60 Å². The minimum atomic E-state index is -4.88. The van der Waals surface area contributed by atoms with Crippen LogP contribution in [0.1, 0.15) is 65.4 Å². The zero-order valence-corrected chi connectivity index (χ0v) is 21.4. The Bertz CT molecular complexity index is 941. The Morgan fingerprint density at radius 2 is 1.68 bits per heavy atom. The SMILES string of the molecule is CC(C)=CCC/C(C)=C/CCC(C)C/C=C(/C(=O)N[C@@H](Cc1ccccc1)C(=O)O)P(=O)(O)O. The maximum absolute atomic E-state index is 12.6. The number of hydrogen-bond donors (Lipinski definition) is 4. The third-order valence-corrected chi connectivity index (χ3v) is 6.40. The summed E-state index contributed by atoms with van der Waals surface area (Å²) >= 11 is 0. The Labute approximate surface area is 202 Å². The smallest absolute Gasteiger partial charge is 0.361 e. The highest BCUT2D eigenvalue weighted by molar-refractivity contribution is 7.58. The summed E-state index contributed by atoms with van der Waals surface area (Å²) < 4.78 is 12.0. The number of rotatable bonds is 14. The van der Waals surface area contributed by atoms with Crippen LogP contribution in [-0.4, -0.2) is 32.8 Å². The second-order valence-electron chi connectivity index (χ2n) is 8.98. The lowest BCUT2D eigenvalue weighted by atomic mass is 9.99. The van der Waals surface area contributed by atoms with Crippen molar-refractivity contribution in [3.05, 3.63) is 70.6 Å². The van der Waals surface area contributed by atoms with Crippen LogP contribution in [0.4, 0.5) is 0 Å². The molecule has 8 heteroatoms. The van der Waals surface area contributed by atoms with Crippen molar-refractivity contribution >= 4 is 19.5 Å². The number of benzene rings is 1. The van der Waals surface area contributed by atoms with Gasteiger partial charge < -0.3 is 20.2 Å². The van der Waals surface area contributed by atoms with Crippen LogP contribution in [-0.2, 0) is 20.6 Å². The van der Waals surface area contributed by atoms with E-state index in [-0.39, 0.29) is 12.3 Å². The van der Waals surface area contributed by atoms with Crippen molar-refractivity contribution in [3.8, 4) is 0 Å². The van der Waals surface area contributed by atoms with Crippen molar-refractivity contribution in [2.45, 2.75) is 72.3 Å². The molecule has 0 heterocycles. The van der Waals surface area contributed by atoms with E-state index in [1.807, 2.05) is 6.92 Å². The average Bonchev–Trinajstić information content (AvgIpc) is 2.72. The molecule has 0 aliphatic heterocycles. The molecule has 0 aromatic heterocycles. The van der Waals surface area contributed by atoms with Crippen LogP contribution in [0.25, 0.3) is 0 Å². The number of allylic oxidation sites excluding steroid dienone is 5. The molecule has 0 bridgehead atoms. The minimum Gasteiger partial charge on any atom is -0.480 e. The Balaban J connectivity index is 2.75. The van der Waals surface area contributed by atoms with Crippen molar-refractivity contribution < 1.29 is 29.0 Å². The lowest BCUT2D eigenvalue weighted by molar-refractivity contribution is -0.141. The molecular formula is C26H38NO6P. The number of carboxylic acids is 1. The predicted octanol–water partition coefficient (Wildman–Crippen LogP) is 5.36. The number of carboxylic acid groups (broad SMARTS) is 1. The summed E-state index contributed by atoms with van der Waals surface area (Å²) in [7, 11) is -4.88. The van der Waals surface area contributed by atoms with Crippen molar-refractivity contribution in [2.24, 2.45) is 5.92 Å². The van der Waals surface area contributed by atoms with E-state index in [0.717, 1.165) is 25.7 Å². The van der Waals surface area contributed by atoms with Gasteiger partial charge in [-0.2, -0.15) is 0 Å². The molecule has 0 aliphatic rings. The summed E-state index contributed by atoms with van der Waals surface area (Å²) in [5.74, 6) is -2.24. The summed E-state index contributed by atoms with van der Waals surface area (Å²) in [6.07, 6.45) is 9.57. The lowest BCUT2D eigenvalue weighted by Crippen LogP contribution is -2.43. The molecule has 1 aromatic rings. The zero-order chi connectivity index (χ0) is 25.7. The molecule has 2 atom stereocenters. The quantitative estimate of drug-likeness (QED) is 0.158. The minimum absolute atomic E-state index is 0.00601. The maximum atomic E-state index is 12.6. The van der Waals surface area contributed by atoms with Crippen molar-refractivity contribution in [3.63, 3.8) is 0 Å². The predicted molar refractivity (Wildman–Crippen MR) is 135 cm³/mol. The molecule has 4 N–H and O–H groups in total. The fraction of sp³-hybridized carbons (Fsp3) is 0.462. The molecule has 188 valence electrons. The first-order valence-electron chi connectivity index (χ1n) is 11.5. The molecule has 0 fully saturated rings. The van der Waals surface area contributed by atoms with Gasteiger partial charge in [0, 0.05) is 6.42 Å². The fourth-order valence-electron chi connectivity index (χ4n) is 3.36. The number of aliphatic carboxylic acids is 1. The number of hydrogen-bond acceptors (Lipinski definition) is 3. The standard InChI is InChI=1S/C26H38NO6P/c1-19(2)10-8-11-20(3)12-9-13-21(4)16-17-24(34(31,32)33)25(28)27-23(26(29)30)18-22-14-6-5-7-15-22/h5-7,10,12,14-15,17,21,23H,8-9,11,13,16,18H2,1-4H3,(H,27,28)(H,29,30)(H2,31,32,33)/b20-12+,24-17-/t21?,23-/m0/s1. The molecule has 1 aromatic carbocycles. The largest absolute Gasteiger partial charge is 0.480 e. The summed E-state index contributed by atoms with van der Waals surface area (Å²) in [5.41, 5.74) is 3.29. The van der Waals surface area contributed by atoms with Crippen LogP contribution < -0.4 is 5.32 Å². The molecule has 1 amide bonds. The Morgan fingerprint density at radius 3 is 2.24 bits per heavy atom. The molecule has 0 aliphatic carbocycles. The second-order valence-corrected chi connectivity index (χ2v) is 10.5. The number of nitrogens with one attached hydrogen (secondary N) is 1. The molecule has 0 saturated carbocycles. The van der Waals surface area contributed by atoms with E-state index in [9.17, 15) is 29.0 Å². The average molecular weight is 492 g/mol. The normalized spacial score (nSPS) is 14.3. The Kier molecular flexibility index (Phi) is 12.8. The highest BCUT2D eigenvalue weighted by atomic mass is 31.2. The van der Waals surface area contributed by atoms with Gasteiger partial charge in [0.2, 0.25) is 0 Å². The van der Waals surface area contributed by atoms with E-state index in [2.05, 4.69) is 38.2 Å². The number of carbonyl (C=O) groups is 2. The third-order valence-electron chi connectivity index (χ3n) is 5.39. The molecule has 1 rings (SSSR count). The van der Waals surface area contributed by atoms with E-state index in [0.29, 0.717) is 12.0 Å². The first kappa shape index (κ1) is 29.6. The van der Waals surface area contributed by atoms with Crippen LogP contribution in [0, 0.1) is 5.92 Å². The summed E-state index contributed by atoms with van der Waals surface area (Å²) in [5, 5.41) is 11.1. The molecule has 0 saturated heterocycles. The first-order chi connectivity index (χ1) is 15.9. The second kappa shape index (κ2) is 14.7. The van der Waals surface area contributed by atoms with Crippen LogP contribution in [0.15, 0.2) is 65.0 Å². The van der Waals surface area contributed by atoms with Crippen molar-refractivity contribution in [1.82, 2.24) is 5.32 Å². The third kappa shape index (κ3) is 12.1. The van der Waals surface area contributed by atoms with Gasteiger partial charge in [-0.15, -0.1) is 0 Å². The molecule has 0 spiro atoms. The van der Waals surface area contributed by atoms with Crippen LogP contribution in [0.5, 0.6) is 0 Å². The molecular weight excluding hydrogens is 453 g/mol. The first-order valence-corrected chi connectivity index (χ1v) is 13.1. The Morgan fingerprint density at radius 1 is 1.03 bits per heavy atom. The molecule has 34 heavy (non-hydrogen) atoms. The Hall–Kier alpha value is -2.47. The van der Waals surface area contributed by atoms with Gasteiger partial charge in [-0.25, -0.2) is 4.79 Å². The number of carbonyl (C=O) groups excluding carboxylic acids is 1. The molecule has 7 nitrogen and oxygen atoms in total. The van der Waals surface area contributed by atoms with Gasteiger partial charge in [0.1, 0.15) is 11.4 Å². The van der Waals surface area contributed by atoms with Crippen LogP contribution in [0.3, 0.4) is 0 Å². The van der Waals surface area contributed by atoms with E-state index in [1.54, 1.807) is 30.3 Å². The van der Waals surface area contributed by atoms with E-state index in [1.165, 1.54) is 17.2 Å². The van der Waals surface area contributed by atoms with Gasteiger partial charge >= 0.3 is 13.6 Å². The van der Waals surface area contributed by atoms with Gasteiger partial charge in [0.25, 0.3) is 5.91 Å². The van der Waals surface area contributed by atoms with E-state index < -0.39 is 30.8 Å². The van der Waals surface area contributed by atoms with E-state index >= 15 is 0 Å². The summed E-state index contributed by atoms with van der Waals surface area (Å²) in [4.78, 5) is 43.6. The topological polar surface area (TPSA) is 124 Å². The van der Waals surface area contributed by atoms with Gasteiger partial charge in [-0.1, -0.05) is 66.6 Å². The van der Waals surface area contributed by atoms with Crippen molar-refractivity contribution in [2.75, 3.05) is 0 Å². The monoisotopic (exact) mass is 491 g/mol. The lowest BCUT2D eigenvalue weighted by Gasteiger charge is -2.17. The number of amides is 1. The fourth-order valence-corrected chi connectivity index (χ4v) is 4.03. The van der Waals surface area contributed by atoms with Gasteiger partial charge in [0.05, 0.1) is 0 Å². The highest BCUT2D eigenvalue weighted by Crippen LogP contribution is 2.45. The summed E-state index contributed by atoms with van der Waals surface area (Å²) in [6.45, 7) is 8.19. The van der Waals surface area contributed by atoms with Gasteiger partial charge in [-0.3, -0.25) is 9.36 Å². The maximum Gasteiger partial charge on any atom is 0.361 e. The molecule has 1 unspecified atom stereocenters. The van der Waals surface area contributed by atoms with Gasteiger partial charge in [-0.05, 0) is 64.4 Å². The van der Waals surface area contributed by atoms with Crippen molar-refractivity contribution in [1.29, 1.82) is 0 Å².